The van der Waals surface area contributed by atoms with Crippen LogP contribution >= 0.6 is 12.4 Å². The summed E-state index contributed by atoms with van der Waals surface area (Å²) in [4.78, 5) is 3.99. The molecule has 1 heterocycles. The molecule has 0 spiro atoms. The molecule has 0 unspecified atom stereocenters. The summed E-state index contributed by atoms with van der Waals surface area (Å²) in [7, 11) is 0. The summed E-state index contributed by atoms with van der Waals surface area (Å²) >= 11 is 0. The highest BCUT2D eigenvalue weighted by Gasteiger charge is 1.97. The van der Waals surface area contributed by atoms with Gasteiger partial charge in [0.2, 0.25) is 0 Å². The number of nitrogens with zero attached hydrogens (tertiary/aromatic N) is 2. The number of rotatable bonds is 5. The van der Waals surface area contributed by atoms with Crippen LogP contribution in [-0.2, 0) is 6.54 Å². The van der Waals surface area contributed by atoms with Gasteiger partial charge in [0.15, 0.2) is 0 Å². The normalized spacial score (nSPS) is 10.4. The van der Waals surface area contributed by atoms with Crippen LogP contribution in [0.3, 0.4) is 0 Å². The maximum Gasteiger partial charge on any atom is 0.122 e. The first-order valence-corrected chi connectivity index (χ1v) is 6.06. The van der Waals surface area contributed by atoms with Crippen molar-refractivity contribution in [1.82, 2.24) is 9.55 Å². The maximum atomic E-state index is 5.70. The number of allylic oxidation sites excluding steroid dienone is 1. The molecule has 0 N–H and O–H groups in total. The van der Waals surface area contributed by atoms with Crippen LogP contribution in [0.4, 0.5) is 0 Å². The second-order valence-electron chi connectivity index (χ2n) is 4.31. The molecule has 0 saturated heterocycles. The SMILES string of the molecule is Cc1ccc(OCC=CCn2ccnc2)c(C)c1.Cl. The molecule has 2 rings (SSSR count). The first kappa shape index (κ1) is 15.3. The Morgan fingerprint density at radius 1 is 1.26 bits per heavy atom. The molecule has 102 valence electrons. The number of hydrogen-bond donors (Lipinski definition) is 0. The molecule has 0 aliphatic carbocycles. The summed E-state index contributed by atoms with van der Waals surface area (Å²) in [5.41, 5.74) is 2.44. The fourth-order valence-corrected chi connectivity index (χ4v) is 1.76. The van der Waals surface area contributed by atoms with Gasteiger partial charge in [0, 0.05) is 18.9 Å². The third-order valence-corrected chi connectivity index (χ3v) is 2.71. The maximum absolute atomic E-state index is 5.70. The lowest BCUT2D eigenvalue weighted by Crippen LogP contribution is -1.97. The second-order valence-corrected chi connectivity index (χ2v) is 4.31. The zero-order valence-corrected chi connectivity index (χ0v) is 12.1. The van der Waals surface area contributed by atoms with Crippen LogP contribution < -0.4 is 4.74 Å². The summed E-state index contributed by atoms with van der Waals surface area (Å²) < 4.78 is 7.71. The van der Waals surface area contributed by atoms with Crippen LogP contribution in [0.1, 0.15) is 11.1 Å². The fourth-order valence-electron chi connectivity index (χ4n) is 1.76. The van der Waals surface area contributed by atoms with E-state index in [1.54, 1.807) is 12.5 Å². The topological polar surface area (TPSA) is 27.1 Å². The van der Waals surface area contributed by atoms with Crippen molar-refractivity contribution < 1.29 is 4.74 Å². The van der Waals surface area contributed by atoms with Crippen LogP contribution in [0.15, 0.2) is 49.1 Å². The predicted molar refractivity (Wildman–Crippen MR) is 80.0 cm³/mol. The standard InChI is InChI=1S/C15H18N2O.ClH/c1-13-5-6-15(14(2)11-13)18-10-4-3-8-17-9-7-16-12-17;/h3-7,9,11-12H,8,10H2,1-2H3;1H. The Hall–Kier alpha value is -1.74. The molecule has 1 aromatic heterocycles. The molecule has 0 fully saturated rings. The number of hydrogen-bond acceptors (Lipinski definition) is 2. The summed E-state index contributed by atoms with van der Waals surface area (Å²) in [5, 5.41) is 0. The largest absolute Gasteiger partial charge is 0.489 e. The Morgan fingerprint density at radius 3 is 2.79 bits per heavy atom. The van der Waals surface area contributed by atoms with Gasteiger partial charge < -0.3 is 9.30 Å². The minimum Gasteiger partial charge on any atom is -0.489 e. The number of halogens is 1. The molecule has 3 nitrogen and oxygen atoms in total. The lowest BCUT2D eigenvalue weighted by atomic mass is 10.1. The van der Waals surface area contributed by atoms with Gasteiger partial charge >= 0.3 is 0 Å². The third-order valence-electron chi connectivity index (χ3n) is 2.71. The molecule has 0 saturated carbocycles. The van der Waals surface area contributed by atoms with Gasteiger partial charge in [0.05, 0.1) is 6.33 Å². The first-order valence-electron chi connectivity index (χ1n) is 6.06. The third kappa shape index (κ3) is 4.79. The van der Waals surface area contributed by atoms with Gasteiger partial charge in [-0.25, -0.2) is 4.98 Å². The average Bonchev–Trinajstić information content (AvgIpc) is 2.84. The highest BCUT2D eigenvalue weighted by molar-refractivity contribution is 5.85. The fraction of sp³-hybridized carbons (Fsp3) is 0.267. The van der Waals surface area contributed by atoms with E-state index in [1.807, 2.05) is 22.9 Å². The van der Waals surface area contributed by atoms with Gasteiger partial charge in [-0.3, -0.25) is 0 Å². The van der Waals surface area contributed by atoms with E-state index in [4.69, 9.17) is 4.74 Å². The van der Waals surface area contributed by atoms with E-state index in [2.05, 4.69) is 37.0 Å². The van der Waals surface area contributed by atoms with Crippen molar-refractivity contribution in [1.29, 1.82) is 0 Å². The lowest BCUT2D eigenvalue weighted by molar-refractivity contribution is 0.359. The minimum absolute atomic E-state index is 0. The smallest absolute Gasteiger partial charge is 0.122 e. The van der Waals surface area contributed by atoms with Gasteiger partial charge in [0.1, 0.15) is 12.4 Å². The quantitative estimate of drug-likeness (QED) is 0.782. The Kier molecular flexibility index (Phi) is 6.16. The highest BCUT2D eigenvalue weighted by Crippen LogP contribution is 2.18. The van der Waals surface area contributed by atoms with E-state index < -0.39 is 0 Å². The van der Waals surface area contributed by atoms with Crippen molar-refractivity contribution in [3.63, 3.8) is 0 Å². The van der Waals surface area contributed by atoms with Gasteiger partial charge in [-0.15, -0.1) is 12.4 Å². The van der Waals surface area contributed by atoms with Gasteiger partial charge in [-0.1, -0.05) is 23.8 Å². The summed E-state index contributed by atoms with van der Waals surface area (Å²) in [6, 6.07) is 6.22. The molecular formula is C15H19ClN2O. The van der Waals surface area contributed by atoms with Crippen LogP contribution in [0, 0.1) is 13.8 Å². The lowest BCUT2D eigenvalue weighted by Gasteiger charge is -2.07. The van der Waals surface area contributed by atoms with Crippen molar-refractivity contribution >= 4 is 12.4 Å². The summed E-state index contributed by atoms with van der Waals surface area (Å²) in [6.45, 7) is 5.58. The van der Waals surface area contributed by atoms with E-state index in [9.17, 15) is 0 Å². The monoisotopic (exact) mass is 278 g/mol. The highest BCUT2D eigenvalue weighted by atomic mass is 35.5. The second kappa shape index (κ2) is 7.64. The van der Waals surface area contributed by atoms with Gasteiger partial charge in [-0.05, 0) is 31.6 Å². The number of aryl methyl sites for hydroxylation is 2. The van der Waals surface area contributed by atoms with Gasteiger partial charge in [-0.2, -0.15) is 0 Å². The van der Waals surface area contributed by atoms with Crippen LogP contribution in [0.2, 0.25) is 0 Å². The van der Waals surface area contributed by atoms with E-state index in [0.717, 1.165) is 12.3 Å². The predicted octanol–water partition coefficient (Wildman–Crippen LogP) is 3.56. The molecule has 0 radical (unpaired) electrons. The number of imidazole rings is 1. The Bertz CT molecular complexity index is 521. The molecule has 2 aromatic rings. The molecule has 1 aromatic carbocycles. The van der Waals surface area contributed by atoms with E-state index >= 15 is 0 Å². The Morgan fingerprint density at radius 2 is 2.11 bits per heavy atom. The Balaban J connectivity index is 0.00000180. The summed E-state index contributed by atoms with van der Waals surface area (Å²) in [6.07, 6.45) is 9.62. The van der Waals surface area contributed by atoms with Crippen LogP contribution in [0.25, 0.3) is 0 Å². The van der Waals surface area contributed by atoms with Gasteiger partial charge in [0.25, 0.3) is 0 Å². The number of aromatic nitrogens is 2. The van der Waals surface area contributed by atoms with Crippen LogP contribution in [0.5, 0.6) is 5.75 Å². The summed E-state index contributed by atoms with van der Waals surface area (Å²) in [5.74, 6) is 0.952. The van der Waals surface area contributed by atoms with Crippen molar-refractivity contribution in [3.8, 4) is 5.75 Å². The molecule has 19 heavy (non-hydrogen) atoms. The van der Waals surface area contributed by atoms with Crippen molar-refractivity contribution in [2.45, 2.75) is 20.4 Å². The van der Waals surface area contributed by atoms with E-state index in [1.165, 1.54) is 11.1 Å². The van der Waals surface area contributed by atoms with Crippen molar-refractivity contribution in [2.75, 3.05) is 6.61 Å². The molecule has 0 aliphatic heterocycles. The van der Waals surface area contributed by atoms with E-state index in [0.29, 0.717) is 6.61 Å². The minimum atomic E-state index is 0. The molecule has 0 bridgehead atoms. The zero-order valence-electron chi connectivity index (χ0n) is 11.2. The van der Waals surface area contributed by atoms with Crippen molar-refractivity contribution in [3.05, 3.63) is 60.2 Å². The zero-order chi connectivity index (χ0) is 12.8. The molecule has 0 amide bonds. The molecule has 0 atom stereocenters. The molecular weight excluding hydrogens is 260 g/mol. The Labute approximate surface area is 120 Å². The first-order chi connectivity index (χ1) is 8.75. The van der Waals surface area contributed by atoms with Crippen molar-refractivity contribution in [2.24, 2.45) is 0 Å². The average molecular weight is 279 g/mol. The molecule has 4 heteroatoms. The number of ether oxygens (including phenoxy) is 1. The number of benzene rings is 1. The van der Waals surface area contributed by atoms with E-state index in [-0.39, 0.29) is 12.4 Å². The molecule has 0 aliphatic rings. The van der Waals surface area contributed by atoms with Crippen LogP contribution in [-0.4, -0.2) is 16.2 Å².